The van der Waals surface area contributed by atoms with Crippen molar-refractivity contribution in [2.75, 3.05) is 27.4 Å². The monoisotopic (exact) mass is 525 g/mol. The van der Waals surface area contributed by atoms with Crippen LogP contribution in [0.5, 0.6) is 11.5 Å². The number of carboxylic acid groups (broad SMARTS) is 1. The van der Waals surface area contributed by atoms with Gasteiger partial charge in [-0.15, -0.1) is 0 Å². The van der Waals surface area contributed by atoms with Crippen LogP contribution in [0.1, 0.15) is 66.4 Å². The fraction of sp³-hybridized carbons (Fsp3) is 0.714. The number of carbonyl (C=O) groups is 2. The molecule has 4 atom stereocenters. The average molecular weight is 526 g/mol. The van der Waals surface area contributed by atoms with Crippen LogP contribution in [0.4, 0.5) is 4.79 Å². The average Bonchev–Trinajstić information content (AvgIpc) is 2.79. The number of amides is 1. The van der Waals surface area contributed by atoms with E-state index in [1.807, 2.05) is 18.2 Å². The predicted octanol–water partition coefficient (Wildman–Crippen LogP) is 4.68. The van der Waals surface area contributed by atoms with Crippen LogP contribution in [0.2, 0.25) is 0 Å². The summed E-state index contributed by atoms with van der Waals surface area (Å²) in [7, 11) is 3.25. The molecule has 0 aliphatic carbocycles. The summed E-state index contributed by atoms with van der Waals surface area (Å²) in [6.45, 7) is 12.1. The molecule has 0 saturated carbocycles. The summed E-state index contributed by atoms with van der Waals surface area (Å²) in [6.07, 6.45) is 0.199. The highest BCUT2D eigenvalue weighted by Gasteiger charge is 2.31. The third kappa shape index (κ3) is 12.5. The SMILES string of the molecule is COCCCOc1cc(C[C@@H](C[C@H](NC(=O)OC(C)(C)C)[C@@H](O)C[C@@H](C)C(=O)O)C(C)C)ccc1OC. The van der Waals surface area contributed by atoms with Gasteiger partial charge in [-0.2, -0.15) is 0 Å². The number of ether oxygens (including phenoxy) is 4. The number of nitrogens with one attached hydrogen (secondary N) is 1. The minimum atomic E-state index is -1.05. The lowest BCUT2D eigenvalue weighted by Crippen LogP contribution is -2.47. The normalized spacial score (nSPS) is 15.0. The summed E-state index contributed by atoms with van der Waals surface area (Å²) in [5.41, 5.74) is 0.333. The number of alkyl carbamates (subject to hydrolysis) is 1. The van der Waals surface area contributed by atoms with Crippen molar-refractivity contribution in [1.29, 1.82) is 0 Å². The van der Waals surface area contributed by atoms with E-state index < -0.39 is 35.7 Å². The van der Waals surface area contributed by atoms with Crippen LogP contribution in [0.25, 0.3) is 0 Å². The molecule has 1 aromatic rings. The van der Waals surface area contributed by atoms with E-state index in [1.54, 1.807) is 41.9 Å². The van der Waals surface area contributed by atoms with E-state index in [0.29, 0.717) is 37.6 Å². The molecule has 9 nitrogen and oxygen atoms in total. The van der Waals surface area contributed by atoms with Crippen LogP contribution in [-0.2, 0) is 20.7 Å². The molecular formula is C28H47NO8. The van der Waals surface area contributed by atoms with Crippen molar-refractivity contribution in [3.05, 3.63) is 23.8 Å². The number of methoxy groups -OCH3 is 2. The molecule has 0 bridgehead atoms. The summed E-state index contributed by atoms with van der Waals surface area (Å²) >= 11 is 0. The van der Waals surface area contributed by atoms with Crippen LogP contribution >= 0.6 is 0 Å². The Labute approximate surface area is 221 Å². The first kappa shape index (κ1) is 32.5. The van der Waals surface area contributed by atoms with E-state index in [1.165, 1.54) is 0 Å². The number of carboxylic acids is 1. The van der Waals surface area contributed by atoms with E-state index >= 15 is 0 Å². The van der Waals surface area contributed by atoms with Crippen LogP contribution in [0.3, 0.4) is 0 Å². The minimum Gasteiger partial charge on any atom is -0.493 e. The molecule has 1 amide bonds. The van der Waals surface area contributed by atoms with Crippen molar-refractivity contribution in [3.8, 4) is 11.5 Å². The number of rotatable bonds is 16. The molecule has 0 saturated heterocycles. The Kier molecular flexibility index (Phi) is 13.8. The van der Waals surface area contributed by atoms with Gasteiger partial charge in [0.15, 0.2) is 11.5 Å². The van der Waals surface area contributed by atoms with Gasteiger partial charge in [-0.3, -0.25) is 4.79 Å². The topological polar surface area (TPSA) is 124 Å². The van der Waals surface area contributed by atoms with Gasteiger partial charge >= 0.3 is 12.1 Å². The second-order valence-electron chi connectivity index (χ2n) is 10.9. The van der Waals surface area contributed by atoms with Crippen molar-refractivity contribution in [2.24, 2.45) is 17.8 Å². The molecule has 0 fully saturated rings. The zero-order valence-corrected chi connectivity index (χ0v) is 23.7. The third-order valence-corrected chi connectivity index (χ3v) is 6.16. The van der Waals surface area contributed by atoms with Crippen molar-refractivity contribution < 1.29 is 38.7 Å². The van der Waals surface area contributed by atoms with Gasteiger partial charge in [0.2, 0.25) is 0 Å². The zero-order valence-electron chi connectivity index (χ0n) is 23.7. The van der Waals surface area contributed by atoms with Gasteiger partial charge in [-0.1, -0.05) is 26.8 Å². The number of benzene rings is 1. The first-order chi connectivity index (χ1) is 17.3. The lowest BCUT2D eigenvalue weighted by atomic mass is 9.82. The minimum absolute atomic E-state index is 0.0165. The first-order valence-electron chi connectivity index (χ1n) is 13.0. The van der Waals surface area contributed by atoms with Crippen LogP contribution in [0, 0.1) is 17.8 Å². The Morgan fingerprint density at radius 1 is 1.03 bits per heavy atom. The lowest BCUT2D eigenvalue weighted by Gasteiger charge is -2.32. The molecule has 0 unspecified atom stereocenters. The maximum absolute atomic E-state index is 12.6. The second kappa shape index (κ2) is 15.7. The van der Waals surface area contributed by atoms with E-state index in [9.17, 15) is 19.8 Å². The fourth-order valence-electron chi connectivity index (χ4n) is 3.96. The molecule has 0 spiro atoms. The zero-order chi connectivity index (χ0) is 28.2. The standard InChI is InChI=1S/C28H47NO8/c1-18(2)21(15-20-10-11-24(35-8)25(16-20)36-13-9-12-34-7)17-22(23(30)14-19(3)26(31)32)29-27(33)37-28(4,5)6/h10-11,16,18-19,21-23,30H,9,12-15,17H2,1-8H3,(H,29,33)(H,31,32)/t19-,21+,22+,23+/m1/s1. The van der Waals surface area contributed by atoms with Gasteiger partial charge in [-0.05, 0) is 69.6 Å². The van der Waals surface area contributed by atoms with Gasteiger partial charge in [0.05, 0.1) is 31.8 Å². The summed E-state index contributed by atoms with van der Waals surface area (Å²) in [5.74, 6) is -0.159. The Bertz CT molecular complexity index is 836. The lowest BCUT2D eigenvalue weighted by molar-refractivity contribution is -0.142. The molecule has 0 heterocycles. The highest BCUT2D eigenvalue weighted by Crippen LogP contribution is 2.32. The summed E-state index contributed by atoms with van der Waals surface area (Å²) < 4.78 is 21.9. The smallest absolute Gasteiger partial charge is 0.407 e. The molecule has 212 valence electrons. The van der Waals surface area contributed by atoms with Crippen LogP contribution < -0.4 is 14.8 Å². The number of hydrogen-bond acceptors (Lipinski definition) is 7. The van der Waals surface area contributed by atoms with E-state index in [0.717, 1.165) is 12.0 Å². The molecule has 0 aliphatic rings. The molecule has 0 aromatic heterocycles. The molecule has 1 aromatic carbocycles. The van der Waals surface area contributed by atoms with Crippen molar-refractivity contribution in [2.45, 2.75) is 85.0 Å². The van der Waals surface area contributed by atoms with E-state index in [-0.39, 0.29) is 18.3 Å². The van der Waals surface area contributed by atoms with Crippen LogP contribution in [-0.4, -0.2) is 67.5 Å². The van der Waals surface area contributed by atoms with Gasteiger partial charge < -0.3 is 34.5 Å². The molecule has 0 radical (unpaired) electrons. The Morgan fingerprint density at radius 3 is 2.24 bits per heavy atom. The van der Waals surface area contributed by atoms with Crippen LogP contribution in [0.15, 0.2) is 18.2 Å². The predicted molar refractivity (Wildman–Crippen MR) is 142 cm³/mol. The second-order valence-corrected chi connectivity index (χ2v) is 10.9. The maximum atomic E-state index is 12.6. The number of aliphatic carboxylic acids is 1. The van der Waals surface area contributed by atoms with Crippen molar-refractivity contribution >= 4 is 12.1 Å². The number of carbonyl (C=O) groups excluding carboxylic acids is 1. The van der Waals surface area contributed by atoms with Crippen molar-refractivity contribution in [3.63, 3.8) is 0 Å². The number of aliphatic hydroxyl groups excluding tert-OH is 1. The van der Waals surface area contributed by atoms with E-state index in [2.05, 4.69) is 19.2 Å². The highest BCUT2D eigenvalue weighted by molar-refractivity contribution is 5.70. The summed E-state index contributed by atoms with van der Waals surface area (Å²) in [5, 5.41) is 23.1. The molecule has 37 heavy (non-hydrogen) atoms. The van der Waals surface area contributed by atoms with Gasteiger partial charge in [0.1, 0.15) is 5.60 Å². The maximum Gasteiger partial charge on any atom is 0.407 e. The van der Waals surface area contributed by atoms with Gasteiger partial charge in [-0.25, -0.2) is 4.79 Å². The molecule has 1 rings (SSSR count). The Morgan fingerprint density at radius 2 is 1.70 bits per heavy atom. The van der Waals surface area contributed by atoms with E-state index in [4.69, 9.17) is 18.9 Å². The largest absolute Gasteiger partial charge is 0.493 e. The number of hydrogen-bond donors (Lipinski definition) is 3. The van der Waals surface area contributed by atoms with Gasteiger partial charge in [0, 0.05) is 20.1 Å². The Balaban J connectivity index is 3.10. The molecule has 9 heteroatoms. The Hall–Kier alpha value is -2.52. The van der Waals surface area contributed by atoms with Crippen molar-refractivity contribution in [1.82, 2.24) is 5.32 Å². The summed E-state index contributed by atoms with van der Waals surface area (Å²) in [6, 6.07) is 5.14. The highest BCUT2D eigenvalue weighted by atomic mass is 16.6. The summed E-state index contributed by atoms with van der Waals surface area (Å²) in [4.78, 5) is 23.9. The molecule has 0 aliphatic heterocycles. The molecule has 3 N–H and O–H groups in total. The number of aliphatic hydroxyl groups is 1. The van der Waals surface area contributed by atoms with Gasteiger partial charge in [0.25, 0.3) is 0 Å². The molecular weight excluding hydrogens is 478 g/mol. The quantitative estimate of drug-likeness (QED) is 0.266. The first-order valence-corrected chi connectivity index (χ1v) is 13.0. The third-order valence-electron chi connectivity index (χ3n) is 6.16. The fourth-order valence-corrected chi connectivity index (χ4v) is 3.96.